The summed E-state index contributed by atoms with van der Waals surface area (Å²) in [6, 6.07) is 17.7. The Morgan fingerprint density at radius 2 is 1.38 bits per heavy atom. The van der Waals surface area contributed by atoms with Gasteiger partial charge in [-0.25, -0.2) is 4.79 Å². The molecule has 0 aliphatic carbocycles. The maximum absolute atomic E-state index is 12.2. The largest absolute Gasteiger partial charge is 0.454 e. The van der Waals surface area contributed by atoms with Crippen molar-refractivity contribution in [2.24, 2.45) is 0 Å². The van der Waals surface area contributed by atoms with Crippen LogP contribution in [0.3, 0.4) is 0 Å². The first-order valence-electron chi connectivity index (χ1n) is 8.17. The quantitative estimate of drug-likeness (QED) is 0.481. The van der Waals surface area contributed by atoms with Crippen molar-refractivity contribution in [3.8, 4) is 5.69 Å². The van der Waals surface area contributed by atoms with Gasteiger partial charge in [-0.15, -0.1) is 0 Å². The van der Waals surface area contributed by atoms with Gasteiger partial charge in [0, 0.05) is 27.7 Å². The molecule has 3 aromatic rings. The van der Waals surface area contributed by atoms with Crippen LogP contribution in [-0.4, -0.2) is 22.9 Å². The number of ether oxygens (including phenoxy) is 1. The molecule has 2 aromatic carbocycles. The molecule has 4 nitrogen and oxygen atoms in total. The van der Waals surface area contributed by atoms with E-state index in [1.54, 1.807) is 36.4 Å². The molecule has 0 N–H and O–H groups in total. The molecule has 0 fully saturated rings. The summed E-state index contributed by atoms with van der Waals surface area (Å²) < 4.78 is 7.22. The molecule has 5 heteroatoms. The van der Waals surface area contributed by atoms with Gasteiger partial charge in [-0.05, 0) is 74.5 Å². The molecule has 3 rings (SSSR count). The number of carbonyl (C=O) groups excluding carboxylic acids is 2. The number of aromatic nitrogens is 1. The number of hydrogen-bond acceptors (Lipinski definition) is 3. The lowest BCUT2D eigenvalue weighted by Crippen LogP contribution is -2.14. The standard InChI is InChI=1S/C21H18ClNO3/c1-14-3-4-15(2)23(14)19-11-7-17(8-12-19)21(25)26-13-20(24)16-5-9-18(22)10-6-16/h3-12H,13H2,1-2H3. The van der Waals surface area contributed by atoms with Crippen LogP contribution in [0.5, 0.6) is 0 Å². The summed E-state index contributed by atoms with van der Waals surface area (Å²) in [6.45, 7) is 3.74. The van der Waals surface area contributed by atoms with E-state index in [0.717, 1.165) is 17.1 Å². The van der Waals surface area contributed by atoms with Crippen molar-refractivity contribution in [2.45, 2.75) is 13.8 Å². The van der Waals surface area contributed by atoms with Crippen molar-refractivity contribution < 1.29 is 14.3 Å². The minimum Gasteiger partial charge on any atom is -0.454 e. The van der Waals surface area contributed by atoms with Gasteiger partial charge in [-0.2, -0.15) is 0 Å². The van der Waals surface area contributed by atoms with Crippen LogP contribution in [0.4, 0.5) is 0 Å². The number of rotatable bonds is 5. The smallest absolute Gasteiger partial charge is 0.338 e. The third-order valence-corrected chi connectivity index (χ3v) is 4.38. The van der Waals surface area contributed by atoms with Gasteiger partial charge < -0.3 is 9.30 Å². The molecule has 0 aliphatic rings. The molecule has 0 radical (unpaired) electrons. The van der Waals surface area contributed by atoms with Gasteiger partial charge in [0.15, 0.2) is 12.4 Å². The second kappa shape index (κ2) is 7.58. The maximum Gasteiger partial charge on any atom is 0.338 e. The fourth-order valence-corrected chi connectivity index (χ4v) is 2.88. The SMILES string of the molecule is Cc1ccc(C)n1-c1ccc(C(=O)OCC(=O)c2ccc(Cl)cc2)cc1. The summed E-state index contributed by atoms with van der Waals surface area (Å²) in [5.74, 6) is -0.801. The highest BCUT2D eigenvalue weighted by Crippen LogP contribution is 2.17. The molecule has 0 atom stereocenters. The summed E-state index contributed by atoms with van der Waals surface area (Å²) in [6.07, 6.45) is 0. The van der Waals surface area contributed by atoms with Crippen molar-refractivity contribution in [3.63, 3.8) is 0 Å². The molecule has 0 spiro atoms. The Bertz CT molecular complexity index is 921. The van der Waals surface area contributed by atoms with Crippen LogP contribution >= 0.6 is 11.6 Å². The van der Waals surface area contributed by atoms with Gasteiger partial charge in [0.2, 0.25) is 0 Å². The molecule has 0 unspecified atom stereocenters. The Labute approximate surface area is 157 Å². The van der Waals surface area contributed by atoms with E-state index in [2.05, 4.69) is 4.57 Å². The van der Waals surface area contributed by atoms with Crippen molar-refractivity contribution in [1.82, 2.24) is 4.57 Å². The molecule has 132 valence electrons. The minimum absolute atomic E-state index is 0.273. The highest BCUT2D eigenvalue weighted by atomic mass is 35.5. The van der Waals surface area contributed by atoms with Crippen LogP contribution in [0, 0.1) is 13.8 Å². The van der Waals surface area contributed by atoms with Crippen LogP contribution in [0.25, 0.3) is 5.69 Å². The average molecular weight is 368 g/mol. The Morgan fingerprint density at radius 1 is 0.846 bits per heavy atom. The molecule has 0 saturated carbocycles. The predicted octanol–water partition coefficient (Wildman–Crippen LogP) is 4.79. The van der Waals surface area contributed by atoms with Gasteiger partial charge in [-0.3, -0.25) is 4.79 Å². The zero-order valence-corrected chi connectivity index (χ0v) is 15.3. The number of aryl methyl sites for hydroxylation is 2. The second-order valence-electron chi connectivity index (χ2n) is 6.00. The number of benzene rings is 2. The molecular formula is C21H18ClNO3. The number of esters is 1. The Morgan fingerprint density at radius 3 is 1.96 bits per heavy atom. The Hall–Kier alpha value is -2.85. The summed E-state index contributed by atoms with van der Waals surface area (Å²) in [7, 11) is 0. The molecular weight excluding hydrogens is 350 g/mol. The van der Waals surface area contributed by atoms with E-state index in [1.165, 1.54) is 0 Å². The van der Waals surface area contributed by atoms with Crippen LogP contribution < -0.4 is 0 Å². The van der Waals surface area contributed by atoms with E-state index < -0.39 is 5.97 Å². The molecule has 1 heterocycles. The highest BCUT2D eigenvalue weighted by molar-refractivity contribution is 6.30. The number of ketones is 1. The molecule has 0 aliphatic heterocycles. The van der Waals surface area contributed by atoms with Crippen molar-refractivity contribution >= 4 is 23.4 Å². The first-order chi connectivity index (χ1) is 12.5. The van der Waals surface area contributed by atoms with Crippen molar-refractivity contribution in [1.29, 1.82) is 0 Å². The lowest BCUT2D eigenvalue weighted by molar-refractivity contribution is 0.0475. The van der Waals surface area contributed by atoms with E-state index >= 15 is 0 Å². The second-order valence-corrected chi connectivity index (χ2v) is 6.44. The van der Waals surface area contributed by atoms with E-state index in [9.17, 15) is 9.59 Å². The normalized spacial score (nSPS) is 10.6. The van der Waals surface area contributed by atoms with E-state index in [4.69, 9.17) is 16.3 Å². The molecule has 0 amide bonds. The number of Topliss-reactive ketones (excluding diaryl/α,β-unsaturated/α-hetero) is 1. The highest BCUT2D eigenvalue weighted by Gasteiger charge is 2.12. The van der Waals surface area contributed by atoms with E-state index in [1.807, 2.05) is 38.1 Å². The Kier molecular flexibility index (Phi) is 5.24. The van der Waals surface area contributed by atoms with Gasteiger partial charge >= 0.3 is 5.97 Å². The van der Waals surface area contributed by atoms with Crippen LogP contribution in [0.2, 0.25) is 5.02 Å². The lowest BCUT2D eigenvalue weighted by atomic mass is 10.1. The predicted molar refractivity (Wildman–Crippen MR) is 101 cm³/mol. The lowest BCUT2D eigenvalue weighted by Gasteiger charge is -2.10. The van der Waals surface area contributed by atoms with E-state index in [0.29, 0.717) is 16.1 Å². The fourth-order valence-electron chi connectivity index (χ4n) is 2.76. The number of halogens is 1. The van der Waals surface area contributed by atoms with Gasteiger partial charge in [0.05, 0.1) is 5.56 Å². The summed E-state index contributed by atoms with van der Waals surface area (Å²) in [5, 5.41) is 0.548. The van der Waals surface area contributed by atoms with Crippen LogP contribution in [0.1, 0.15) is 32.1 Å². The monoisotopic (exact) mass is 367 g/mol. The minimum atomic E-state index is -0.528. The third-order valence-electron chi connectivity index (χ3n) is 4.13. The van der Waals surface area contributed by atoms with E-state index in [-0.39, 0.29) is 12.4 Å². The summed E-state index contributed by atoms with van der Waals surface area (Å²) in [5.41, 5.74) is 4.06. The Balaban J connectivity index is 1.65. The zero-order valence-electron chi connectivity index (χ0n) is 14.5. The van der Waals surface area contributed by atoms with Crippen molar-refractivity contribution in [3.05, 3.63) is 88.2 Å². The average Bonchev–Trinajstić information content (AvgIpc) is 2.98. The number of carbonyl (C=O) groups is 2. The maximum atomic E-state index is 12.2. The topological polar surface area (TPSA) is 48.3 Å². The molecule has 26 heavy (non-hydrogen) atoms. The number of nitrogens with zero attached hydrogens (tertiary/aromatic N) is 1. The van der Waals surface area contributed by atoms with Crippen LogP contribution in [-0.2, 0) is 4.74 Å². The molecule has 0 saturated heterocycles. The molecule has 0 bridgehead atoms. The van der Waals surface area contributed by atoms with Crippen LogP contribution in [0.15, 0.2) is 60.7 Å². The summed E-state index contributed by atoms with van der Waals surface area (Å²) in [4.78, 5) is 24.2. The zero-order chi connectivity index (χ0) is 18.7. The number of hydrogen-bond donors (Lipinski definition) is 0. The first kappa shape index (κ1) is 18.0. The van der Waals surface area contributed by atoms with Gasteiger partial charge in [0.25, 0.3) is 0 Å². The fraction of sp³-hybridized carbons (Fsp3) is 0.143. The first-order valence-corrected chi connectivity index (χ1v) is 8.55. The van der Waals surface area contributed by atoms with Gasteiger partial charge in [0.1, 0.15) is 0 Å². The van der Waals surface area contributed by atoms with Gasteiger partial charge in [-0.1, -0.05) is 11.6 Å². The van der Waals surface area contributed by atoms with Crippen molar-refractivity contribution in [2.75, 3.05) is 6.61 Å². The third kappa shape index (κ3) is 3.86. The molecule has 1 aromatic heterocycles. The summed E-state index contributed by atoms with van der Waals surface area (Å²) >= 11 is 5.79.